The number of aromatic carboxylic acids is 1. The van der Waals surface area contributed by atoms with E-state index in [1.165, 1.54) is 6.20 Å². The van der Waals surface area contributed by atoms with Crippen molar-refractivity contribution < 1.29 is 19.4 Å². The molecule has 0 aromatic carbocycles. The van der Waals surface area contributed by atoms with Gasteiger partial charge < -0.3 is 14.6 Å². The van der Waals surface area contributed by atoms with Crippen molar-refractivity contribution >= 4 is 5.97 Å². The van der Waals surface area contributed by atoms with Gasteiger partial charge in [0.05, 0.1) is 13.2 Å². The molecule has 1 aromatic rings. The Morgan fingerprint density at radius 3 is 3.00 bits per heavy atom. The summed E-state index contributed by atoms with van der Waals surface area (Å²) in [5, 5.41) is 8.83. The van der Waals surface area contributed by atoms with Crippen LogP contribution < -0.4 is 9.47 Å². The fourth-order valence-electron chi connectivity index (χ4n) is 1.25. The van der Waals surface area contributed by atoms with E-state index in [0.717, 1.165) is 6.42 Å². The highest BCUT2D eigenvalue weighted by atomic mass is 16.5. The standard InChI is InChI=1S/C9H9NO4/c11-9(12)7-8-6(2-3-10-7)13-4-1-5-14-8/h2-3H,1,4-5H2,(H,11,12). The van der Waals surface area contributed by atoms with E-state index in [0.29, 0.717) is 19.0 Å². The summed E-state index contributed by atoms with van der Waals surface area (Å²) < 4.78 is 10.6. The van der Waals surface area contributed by atoms with E-state index < -0.39 is 5.97 Å². The van der Waals surface area contributed by atoms with Gasteiger partial charge in [-0.1, -0.05) is 0 Å². The largest absolute Gasteiger partial charge is 0.489 e. The summed E-state index contributed by atoms with van der Waals surface area (Å²) in [5.74, 6) is -0.417. The average Bonchev–Trinajstić information content (AvgIpc) is 2.41. The van der Waals surface area contributed by atoms with Crippen LogP contribution >= 0.6 is 0 Å². The van der Waals surface area contributed by atoms with Gasteiger partial charge in [-0.25, -0.2) is 9.78 Å². The van der Waals surface area contributed by atoms with Crippen LogP contribution in [0.4, 0.5) is 0 Å². The van der Waals surface area contributed by atoms with Crippen molar-refractivity contribution in [1.29, 1.82) is 0 Å². The minimum atomic E-state index is -1.10. The zero-order valence-corrected chi connectivity index (χ0v) is 7.40. The molecule has 5 nitrogen and oxygen atoms in total. The third kappa shape index (κ3) is 1.48. The average molecular weight is 195 g/mol. The first-order chi connectivity index (χ1) is 6.79. The number of ether oxygens (including phenoxy) is 2. The Balaban J connectivity index is 2.47. The number of pyridine rings is 1. The van der Waals surface area contributed by atoms with Crippen molar-refractivity contribution in [3.63, 3.8) is 0 Å². The molecule has 0 unspecified atom stereocenters. The van der Waals surface area contributed by atoms with E-state index in [-0.39, 0.29) is 11.4 Å². The summed E-state index contributed by atoms with van der Waals surface area (Å²) >= 11 is 0. The monoisotopic (exact) mass is 195 g/mol. The molecule has 0 fully saturated rings. The van der Waals surface area contributed by atoms with Gasteiger partial charge in [0.25, 0.3) is 0 Å². The van der Waals surface area contributed by atoms with E-state index in [9.17, 15) is 4.79 Å². The minimum Gasteiger partial charge on any atom is -0.489 e. The molecule has 0 aliphatic carbocycles. The van der Waals surface area contributed by atoms with Gasteiger partial charge in [-0.2, -0.15) is 0 Å². The van der Waals surface area contributed by atoms with Crippen LogP contribution in [0.5, 0.6) is 11.5 Å². The highest BCUT2D eigenvalue weighted by molar-refractivity contribution is 5.89. The highest BCUT2D eigenvalue weighted by Gasteiger charge is 2.19. The van der Waals surface area contributed by atoms with Crippen molar-refractivity contribution in [1.82, 2.24) is 4.98 Å². The quantitative estimate of drug-likeness (QED) is 0.722. The second kappa shape index (κ2) is 3.53. The molecule has 14 heavy (non-hydrogen) atoms. The lowest BCUT2D eigenvalue weighted by atomic mass is 10.3. The molecule has 0 saturated carbocycles. The SMILES string of the molecule is O=C(O)c1nccc2c1OCCCO2. The summed E-state index contributed by atoms with van der Waals surface area (Å²) in [7, 11) is 0. The molecular weight excluding hydrogens is 186 g/mol. The minimum absolute atomic E-state index is 0.0931. The van der Waals surface area contributed by atoms with Crippen LogP contribution in [-0.4, -0.2) is 29.3 Å². The van der Waals surface area contributed by atoms with Crippen LogP contribution in [-0.2, 0) is 0 Å². The summed E-state index contributed by atoms with van der Waals surface area (Å²) in [4.78, 5) is 14.5. The van der Waals surface area contributed by atoms with Crippen LogP contribution in [0.2, 0.25) is 0 Å². The van der Waals surface area contributed by atoms with Gasteiger partial charge >= 0.3 is 5.97 Å². The Labute approximate surface area is 80.3 Å². The Morgan fingerprint density at radius 1 is 1.43 bits per heavy atom. The van der Waals surface area contributed by atoms with E-state index >= 15 is 0 Å². The van der Waals surface area contributed by atoms with Gasteiger partial charge in [-0.05, 0) is 0 Å². The molecule has 0 saturated heterocycles. The first kappa shape index (κ1) is 8.80. The van der Waals surface area contributed by atoms with Crippen LogP contribution in [0.15, 0.2) is 12.3 Å². The fourth-order valence-corrected chi connectivity index (χ4v) is 1.25. The molecule has 2 heterocycles. The predicted octanol–water partition coefficient (Wildman–Crippen LogP) is 0.941. The third-order valence-corrected chi connectivity index (χ3v) is 1.86. The third-order valence-electron chi connectivity index (χ3n) is 1.86. The molecule has 1 aromatic heterocycles. The molecule has 0 radical (unpaired) electrons. The molecular formula is C9H9NO4. The molecule has 1 aliphatic heterocycles. The Kier molecular flexibility index (Phi) is 2.22. The summed E-state index contributed by atoms with van der Waals surface area (Å²) in [6, 6.07) is 1.60. The summed E-state index contributed by atoms with van der Waals surface area (Å²) in [6.45, 7) is 0.995. The first-order valence-corrected chi connectivity index (χ1v) is 4.27. The molecule has 1 N–H and O–H groups in total. The normalized spacial score (nSPS) is 14.6. The fraction of sp³-hybridized carbons (Fsp3) is 0.333. The maximum atomic E-state index is 10.8. The van der Waals surface area contributed by atoms with Crippen molar-refractivity contribution in [2.45, 2.75) is 6.42 Å². The van der Waals surface area contributed by atoms with Crippen molar-refractivity contribution in [2.75, 3.05) is 13.2 Å². The second-order valence-electron chi connectivity index (χ2n) is 2.84. The molecule has 2 rings (SSSR count). The van der Waals surface area contributed by atoms with E-state index in [1.54, 1.807) is 6.07 Å². The van der Waals surface area contributed by atoms with Crippen LogP contribution in [0, 0.1) is 0 Å². The lowest BCUT2D eigenvalue weighted by Crippen LogP contribution is -2.05. The van der Waals surface area contributed by atoms with Gasteiger partial charge in [0.2, 0.25) is 0 Å². The van der Waals surface area contributed by atoms with Crippen molar-refractivity contribution in [3.8, 4) is 11.5 Å². The van der Waals surface area contributed by atoms with Crippen LogP contribution in [0.1, 0.15) is 16.9 Å². The lowest BCUT2D eigenvalue weighted by molar-refractivity contribution is 0.0685. The number of rotatable bonds is 1. The van der Waals surface area contributed by atoms with Gasteiger partial charge in [-0.15, -0.1) is 0 Å². The Hall–Kier alpha value is -1.78. The summed E-state index contributed by atoms with van der Waals surface area (Å²) in [5.41, 5.74) is -0.0931. The molecule has 5 heteroatoms. The number of hydrogen-bond donors (Lipinski definition) is 1. The topological polar surface area (TPSA) is 68.7 Å². The number of aromatic nitrogens is 1. The van der Waals surface area contributed by atoms with Crippen molar-refractivity contribution in [3.05, 3.63) is 18.0 Å². The number of carboxylic acid groups (broad SMARTS) is 1. The van der Waals surface area contributed by atoms with Crippen molar-refractivity contribution in [2.24, 2.45) is 0 Å². The maximum Gasteiger partial charge on any atom is 0.358 e. The lowest BCUT2D eigenvalue weighted by Gasteiger charge is -2.07. The molecule has 0 amide bonds. The van der Waals surface area contributed by atoms with Gasteiger partial charge in [-0.3, -0.25) is 0 Å². The zero-order valence-electron chi connectivity index (χ0n) is 7.40. The van der Waals surface area contributed by atoms with Gasteiger partial charge in [0, 0.05) is 18.7 Å². The first-order valence-electron chi connectivity index (χ1n) is 4.27. The number of hydrogen-bond acceptors (Lipinski definition) is 4. The van der Waals surface area contributed by atoms with Crippen LogP contribution in [0.25, 0.3) is 0 Å². The smallest absolute Gasteiger partial charge is 0.358 e. The van der Waals surface area contributed by atoms with E-state index in [4.69, 9.17) is 14.6 Å². The number of nitrogens with zero attached hydrogens (tertiary/aromatic N) is 1. The zero-order chi connectivity index (χ0) is 9.97. The van der Waals surface area contributed by atoms with Gasteiger partial charge in [0.1, 0.15) is 0 Å². The predicted molar refractivity (Wildman–Crippen MR) is 46.8 cm³/mol. The second-order valence-corrected chi connectivity index (χ2v) is 2.84. The summed E-state index contributed by atoms with van der Waals surface area (Å²) in [6.07, 6.45) is 2.14. The maximum absolute atomic E-state index is 10.8. The van der Waals surface area contributed by atoms with E-state index in [2.05, 4.69) is 4.98 Å². The molecule has 0 bridgehead atoms. The Bertz CT molecular complexity index is 364. The highest BCUT2D eigenvalue weighted by Crippen LogP contribution is 2.31. The molecule has 1 aliphatic rings. The number of carbonyl (C=O) groups is 1. The molecule has 74 valence electrons. The number of carboxylic acids is 1. The van der Waals surface area contributed by atoms with Gasteiger partial charge in [0.15, 0.2) is 17.2 Å². The molecule has 0 spiro atoms. The van der Waals surface area contributed by atoms with Crippen LogP contribution in [0.3, 0.4) is 0 Å². The number of fused-ring (bicyclic) bond motifs is 1. The Morgan fingerprint density at radius 2 is 2.21 bits per heavy atom. The van der Waals surface area contributed by atoms with E-state index in [1.807, 2.05) is 0 Å². The molecule has 0 atom stereocenters.